The van der Waals surface area contributed by atoms with Gasteiger partial charge in [-0.05, 0) is 30.0 Å². The molecule has 0 radical (unpaired) electrons. The second kappa shape index (κ2) is 5.30. The third-order valence-electron chi connectivity index (χ3n) is 2.51. The number of carbonyl (C=O) groups excluding carboxylic acids is 1. The summed E-state index contributed by atoms with van der Waals surface area (Å²) in [4.78, 5) is 21.4. The summed E-state index contributed by atoms with van der Waals surface area (Å²) >= 11 is 0. The highest BCUT2D eigenvalue weighted by atomic mass is 16.7. The molecule has 1 atom stereocenters. The Morgan fingerprint density at radius 1 is 1.31 bits per heavy atom. The van der Waals surface area contributed by atoms with Gasteiger partial charge in [-0.2, -0.15) is 0 Å². The van der Waals surface area contributed by atoms with Crippen molar-refractivity contribution in [2.24, 2.45) is 0 Å². The molecule has 0 amide bonds. The largest absolute Gasteiger partial charge is 0.513 e. The first-order chi connectivity index (χ1) is 7.54. The summed E-state index contributed by atoms with van der Waals surface area (Å²) in [5.74, 6) is -0.423. The van der Waals surface area contributed by atoms with Crippen molar-refractivity contribution in [3.63, 3.8) is 0 Å². The first-order valence-electron chi connectivity index (χ1n) is 5.09. The van der Waals surface area contributed by atoms with Gasteiger partial charge in [-0.15, -0.1) is 0 Å². The number of hydrogen-bond acceptors (Lipinski definition) is 3. The fourth-order valence-electron chi connectivity index (χ4n) is 1.32. The number of ether oxygens (including phenoxy) is 1. The maximum absolute atomic E-state index is 11.2. The lowest BCUT2D eigenvalue weighted by molar-refractivity contribution is 0.0509. The van der Waals surface area contributed by atoms with Crippen LogP contribution in [-0.4, -0.2) is 17.2 Å². The number of benzene rings is 1. The van der Waals surface area contributed by atoms with Crippen molar-refractivity contribution in [2.45, 2.75) is 26.2 Å². The van der Waals surface area contributed by atoms with Crippen LogP contribution in [0.25, 0.3) is 0 Å². The Kier molecular flexibility index (Phi) is 4.05. The summed E-state index contributed by atoms with van der Waals surface area (Å²) in [6.07, 6.45) is -0.574. The van der Waals surface area contributed by atoms with Gasteiger partial charge in [0, 0.05) is 0 Å². The van der Waals surface area contributed by atoms with E-state index in [0.29, 0.717) is 5.92 Å². The van der Waals surface area contributed by atoms with Gasteiger partial charge in [0.05, 0.1) is 5.56 Å². The smallest absolute Gasteiger partial charge is 0.449 e. The predicted octanol–water partition coefficient (Wildman–Crippen LogP) is 3.03. The molecule has 1 N–H and O–H groups in total. The number of esters is 1. The fourth-order valence-corrected chi connectivity index (χ4v) is 1.32. The van der Waals surface area contributed by atoms with Crippen LogP contribution in [-0.2, 0) is 4.74 Å². The molecule has 0 saturated heterocycles. The zero-order valence-electron chi connectivity index (χ0n) is 9.27. The van der Waals surface area contributed by atoms with E-state index < -0.39 is 12.1 Å². The lowest BCUT2D eigenvalue weighted by atomic mass is 9.98. The Morgan fingerprint density at radius 2 is 1.88 bits per heavy atom. The van der Waals surface area contributed by atoms with Crippen LogP contribution in [0.2, 0.25) is 0 Å². The van der Waals surface area contributed by atoms with Crippen LogP contribution >= 0.6 is 0 Å². The predicted molar refractivity (Wildman–Crippen MR) is 58.6 cm³/mol. The Balaban J connectivity index is 2.78. The van der Waals surface area contributed by atoms with Gasteiger partial charge in [-0.25, -0.2) is 9.59 Å². The van der Waals surface area contributed by atoms with Crippen LogP contribution in [0.3, 0.4) is 0 Å². The monoisotopic (exact) mass is 222 g/mol. The molecular formula is C12H14O4. The zero-order valence-corrected chi connectivity index (χ0v) is 9.27. The van der Waals surface area contributed by atoms with E-state index >= 15 is 0 Å². The Labute approximate surface area is 93.9 Å². The van der Waals surface area contributed by atoms with Crippen molar-refractivity contribution >= 4 is 12.1 Å². The molecule has 0 spiro atoms. The van der Waals surface area contributed by atoms with Gasteiger partial charge in [0.15, 0.2) is 0 Å². The van der Waals surface area contributed by atoms with E-state index in [0.717, 1.165) is 12.0 Å². The molecule has 16 heavy (non-hydrogen) atoms. The van der Waals surface area contributed by atoms with E-state index in [2.05, 4.69) is 18.6 Å². The third kappa shape index (κ3) is 3.08. The summed E-state index contributed by atoms with van der Waals surface area (Å²) in [6, 6.07) is 6.78. The molecule has 1 unspecified atom stereocenters. The summed E-state index contributed by atoms with van der Waals surface area (Å²) < 4.78 is 4.04. The standard InChI is InChI=1S/C12H14O4/c1-3-8(2)9-4-6-10(7-5-9)11(13)16-12(14)15/h4-8H,3H2,1-2H3,(H,14,15). The van der Waals surface area contributed by atoms with Crippen molar-refractivity contribution in [1.82, 2.24) is 0 Å². The van der Waals surface area contributed by atoms with E-state index in [1.165, 1.54) is 0 Å². The molecule has 0 aliphatic heterocycles. The second-order valence-corrected chi connectivity index (χ2v) is 3.59. The van der Waals surface area contributed by atoms with E-state index in [4.69, 9.17) is 5.11 Å². The van der Waals surface area contributed by atoms with Gasteiger partial charge >= 0.3 is 12.1 Å². The second-order valence-electron chi connectivity index (χ2n) is 3.59. The molecule has 1 aromatic carbocycles. The third-order valence-corrected chi connectivity index (χ3v) is 2.51. The summed E-state index contributed by atoms with van der Waals surface area (Å²) in [7, 11) is 0. The summed E-state index contributed by atoms with van der Waals surface area (Å²) in [5, 5.41) is 8.28. The molecule has 86 valence electrons. The maximum Gasteiger partial charge on any atom is 0.513 e. The molecule has 0 aliphatic rings. The molecule has 0 bridgehead atoms. The van der Waals surface area contributed by atoms with Crippen molar-refractivity contribution in [1.29, 1.82) is 0 Å². The molecule has 0 aromatic heterocycles. The van der Waals surface area contributed by atoms with E-state index in [-0.39, 0.29) is 5.56 Å². The normalized spacial score (nSPS) is 11.9. The summed E-state index contributed by atoms with van der Waals surface area (Å²) in [5.41, 5.74) is 1.36. The maximum atomic E-state index is 11.2. The minimum absolute atomic E-state index is 0.245. The van der Waals surface area contributed by atoms with Gasteiger partial charge in [-0.3, -0.25) is 0 Å². The highest BCUT2D eigenvalue weighted by molar-refractivity contribution is 5.94. The van der Waals surface area contributed by atoms with Crippen LogP contribution in [0.15, 0.2) is 24.3 Å². The number of hydrogen-bond donors (Lipinski definition) is 1. The first kappa shape index (κ1) is 12.2. The van der Waals surface area contributed by atoms with Crippen LogP contribution in [0.4, 0.5) is 4.79 Å². The van der Waals surface area contributed by atoms with E-state index in [1.54, 1.807) is 12.1 Å². The minimum atomic E-state index is -1.59. The highest BCUT2D eigenvalue weighted by Crippen LogP contribution is 2.18. The Bertz CT molecular complexity index is 381. The van der Waals surface area contributed by atoms with Crippen LogP contribution in [0.1, 0.15) is 42.1 Å². The fraction of sp³-hybridized carbons (Fsp3) is 0.333. The molecule has 0 heterocycles. The number of rotatable bonds is 3. The first-order valence-corrected chi connectivity index (χ1v) is 5.09. The average molecular weight is 222 g/mol. The molecule has 0 fully saturated rings. The van der Waals surface area contributed by atoms with Crippen molar-refractivity contribution in [2.75, 3.05) is 0 Å². The van der Waals surface area contributed by atoms with Gasteiger partial charge in [-0.1, -0.05) is 26.0 Å². The van der Waals surface area contributed by atoms with Gasteiger partial charge < -0.3 is 9.84 Å². The summed E-state index contributed by atoms with van der Waals surface area (Å²) in [6.45, 7) is 4.17. The molecular weight excluding hydrogens is 208 g/mol. The highest BCUT2D eigenvalue weighted by Gasteiger charge is 2.11. The quantitative estimate of drug-likeness (QED) is 0.630. The minimum Gasteiger partial charge on any atom is -0.449 e. The average Bonchev–Trinajstić information content (AvgIpc) is 2.27. The molecule has 1 aromatic rings. The SMILES string of the molecule is CCC(C)c1ccc(C(=O)OC(=O)O)cc1. The molecule has 0 aliphatic carbocycles. The molecule has 4 nitrogen and oxygen atoms in total. The topological polar surface area (TPSA) is 63.6 Å². The zero-order chi connectivity index (χ0) is 12.1. The van der Waals surface area contributed by atoms with Crippen LogP contribution in [0, 0.1) is 0 Å². The van der Waals surface area contributed by atoms with Crippen molar-refractivity contribution in [3.05, 3.63) is 35.4 Å². The molecule has 1 rings (SSSR count). The lowest BCUT2D eigenvalue weighted by Gasteiger charge is -2.08. The van der Waals surface area contributed by atoms with E-state index in [9.17, 15) is 9.59 Å². The molecule has 4 heteroatoms. The number of carboxylic acid groups (broad SMARTS) is 1. The number of carbonyl (C=O) groups is 2. The van der Waals surface area contributed by atoms with Gasteiger partial charge in [0.1, 0.15) is 0 Å². The van der Waals surface area contributed by atoms with Gasteiger partial charge in [0.2, 0.25) is 0 Å². The van der Waals surface area contributed by atoms with Crippen LogP contribution in [0.5, 0.6) is 0 Å². The lowest BCUT2D eigenvalue weighted by Crippen LogP contribution is -2.10. The van der Waals surface area contributed by atoms with E-state index in [1.807, 2.05) is 12.1 Å². The van der Waals surface area contributed by atoms with Crippen LogP contribution < -0.4 is 0 Å². The van der Waals surface area contributed by atoms with Crippen molar-refractivity contribution < 1.29 is 19.4 Å². The van der Waals surface area contributed by atoms with Crippen molar-refractivity contribution in [3.8, 4) is 0 Å². The Morgan fingerprint density at radius 3 is 2.31 bits per heavy atom. The Hall–Kier alpha value is -1.84. The van der Waals surface area contributed by atoms with Gasteiger partial charge in [0.25, 0.3) is 0 Å². The molecule has 0 saturated carbocycles.